The molecule has 128 valence electrons. The first kappa shape index (κ1) is 19.1. The van der Waals surface area contributed by atoms with Gasteiger partial charge in [0, 0.05) is 6.42 Å². The van der Waals surface area contributed by atoms with Gasteiger partial charge in [-0.25, -0.2) is 4.79 Å². The number of carbonyl (C=O) groups excluding carboxylic acids is 1. The minimum atomic E-state index is -0.557. The predicted octanol–water partition coefficient (Wildman–Crippen LogP) is 6.37. The van der Waals surface area contributed by atoms with E-state index >= 15 is 0 Å². The van der Waals surface area contributed by atoms with Crippen molar-refractivity contribution in [1.29, 1.82) is 0 Å². The topological polar surface area (TPSA) is 35.5 Å². The van der Waals surface area contributed by atoms with Crippen LogP contribution in [0.3, 0.4) is 0 Å². The lowest BCUT2D eigenvalue weighted by atomic mass is 10.0. The van der Waals surface area contributed by atoms with E-state index in [2.05, 4.69) is 13.0 Å². The van der Waals surface area contributed by atoms with Crippen molar-refractivity contribution in [2.75, 3.05) is 6.61 Å². The maximum Gasteiger partial charge on any atom is 0.513 e. The van der Waals surface area contributed by atoms with E-state index in [0.29, 0.717) is 12.5 Å². The fourth-order valence-electron chi connectivity index (χ4n) is 3.00. The Labute approximate surface area is 136 Å². The molecule has 1 aliphatic carbocycles. The second kappa shape index (κ2) is 12.5. The van der Waals surface area contributed by atoms with Gasteiger partial charge in [-0.05, 0) is 31.8 Å². The second-order valence-electron chi connectivity index (χ2n) is 6.47. The Balaban J connectivity index is 2.52. The fraction of sp³-hybridized carbons (Fsp3) is 0.842. The Kier molecular flexibility index (Phi) is 10.9. The van der Waals surface area contributed by atoms with Crippen LogP contribution in [-0.4, -0.2) is 12.8 Å². The van der Waals surface area contributed by atoms with E-state index in [4.69, 9.17) is 9.47 Å². The van der Waals surface area contributed by atoms with Gasteiger partial charge in [0.25, 0.3) is 0 Å². The second-order valence-corrected chi connectivity index (χ2v) is 6.47. The highest BCUT2D eigenvalue weighted by Crippen LogP contribution is 2.20. The first-order chi connectivity index (χ1) is 10.7. The van der Waals surface area contributed by atoms with Crippen LogP contribution in [0.2, 0.25) is 0 Å². The molecule has 0 saturated carbocycles. The summed E-state index contributed by atoms with van der Waals surface area (Å²) in [6.07, 6.45) is 16.7. The lowest BCUT2D eigenvalue weighted by molar-refractivity contribution is 0.0786. The standard InChI is InChI=1S/C19H34O3/c1-3-21-19(20)22-18-15-13-11-9-7-5-4-6-8-10-12-14-17(2)16-18/h16-17H,3-15H2,1-2H3. The van der Waals surface area contributed by atoms with Gasteiger partial charge in [0.2, 0.25) is 0 Å². The van der Waals surface area contributed by atoms with E-state index in [9.17, 15) is 4.79 Å². The molecule has 0 radical (unpaired) electrons. The Hall–Kier alpha value is -0.990. The van der Waals surface area contributed by atoms with Crippen LogP contribution >= 0.6 is 0 Å². The molecule has 0 aromatic rings. The van der Waals surface area contributed by atoms with Gasteiger partial charge in [0.05, 0.1) is 6.61 Å². The Morgan fingerprint density at radius 3 is 2.14 bits per heavy atom. The van der Waals surface area contributed by atoms with Gasteiger partial charge < -0.3 is 9.47 Å². The third-order valence-electron chi connectivity index (χ3n) is 4.28. The normalized spacial score (nSPS) is 22.8. The van der Waals surface area contributed by atoms with Gasteiger partial charge in [-0.3, -0.25) is 0 Å². The van der Waals surface area contributed by atoms with Gasteiger partial charge >= 0.3 is 6.16 Å². The molecule has 1 rings (SSSR count). The van der Waals surface area contributed by atoms with Crippen LogP contribution in [0.15, 0.2) is 11.8 Å². The van der Waals surface area contributed by atoms with Crippen molar-refractivity contribution in [2.45, 2.75) is 90.9 Å². The maximum atomic E-state index is 11.6. The van der Waals surface area contributed by atoms with E-state index in [0.717, 1.165) is 18.6 Å². The van der Waals surface area contributed by atoms with Crippen molar-refractivity contribution >= 4 is 6.16 Å². The Morgan fingerprint density at radius 1 is 1.00 bits per heavy atom. The number of allylic oxidation sites excluding steroid dienone is 2. The SMILES string of the molecule is CCOC(=O)OC1=CC(C)CCCCCCCCCCCC1. The van der Waals surface area contributed by atoms with E-state index in [1.165, 1.54) is 64.2 Å². The molecule has 0 bridgehead atoms. The summed E-state index contributed by atoms with van der Waals surface area (Å²) < 4.78 is 10.3. The van der Waals surface area contributed by atoms with Gasteiger partial charge in [0.15, 0.2) is 0 Å². The van der Waals surface area contributed by atoms with Crippen LogP contribution in [0, 0.1) is 5.92 Å². The van der Waals surface area contributed by atoms with Crippen molar-refractivity contribution in [3.8, 4) is 0 Å². The van der Waals surface area contributed by atoms with Crippen molar-refractivity contribution in [1.82, 2.24) is 0 Å². The molecule has 0 spiro atoms. The average molecular weight is 310 g/mol. The summed E-state index contributed by atoms with van der Waals surface area (Å²) in [5.74, 6) is 1.27. The first-order valence-corrected chi connectivity index (χ1v) is 9.27. The summed E-state index contributed by atoms with van der Waals surface area (Å²) in [5, 5.41) is 0. The molecule has 0 aromatic heterocycles. The molecular weight excluding hydrogens is 276 g/mol. The van der Waals surface area contributed by atoms with Crippen molar-refractivity contribution in [3.63, 3.8) is 0 Å². The number of hydrogen-bond donors (Lipinski definition) is 0. The van der Waals surface area contributed by atoms with E-state index in [-0.39, 0.29) is 0 Å². The summed E-state index contributed by atoms with van der Waals surface area (Å²) in [6.45, 7) is 4.38. The molecule has 3 nitrogen and oxygen atoms in total. The minimum absolute atomic E-state index is 0.363. The number of carbonyl (C=O) groups is 1. The molecule has 1 unspecified atom stereocenters. The summed E-state index contributed by atoms with van der Waals surface area (Å²) in [7, 11) is 0. The molecular formula is C19H34O3. The van der Waals surface area contributed by atoms with E-state index in [1.54, 1.807) is 6.92 Å². The van der Waals surface area contributed by atoms with Gasteiger partial charge in [0.1, 0.15) is 5.76 Å². The molecule has 0 saturated heterocycles. The smallest absolute Gasteiger partial charge is 0.434 e. The van der Waals surface area contributed by atoms with E-state index in [1.807, 2.05) is 0 Å². The van der Waals surface area contributed by atoms with Crippen LogP contribution in [0.25, 0.3) is 0 Å². The largest absolute Gasteiger partial charge is 0.513 e. The van der Waals surface area contributed by atoms with Crippen LogP contribution in [-0.2, 0) is 9.47 Å². The Bertz CT molecular complexity index is 323. The zero-order valence-corrected chi connectivity index (χ0v) is 14.6. The lowest BCUT2D eigenvalue weighted by Crippen LogP contribution is -2.08. The predicted molar refractivity (Wildman–Crippen MR) is 90.8 cm³/mol. The molecule has 0 fully saturated rings. The molecule has 0 heterocycles. The molecule has 1 aliphatic rings. The third kappa shape index (κ3) is 9.86. The van der Waals surface area contributed by atoms with Crippen LogP contribution < -0.4 is 0 Å². The third-order valence-corrected chi connectivity index (χ3v) is 4.28. The molecule has 0 amide bonds. The maximum absolute atomic E-state index is 11.6. The average Bonchev–Trinajstić information content (AvgIpc) is 2.48. The highest BCUT2D eigenvalue weighted by molar-refractivity contribution is 5.61. The molecule has 0 N–H and O–H groups in total. The summed E-state index contributed by atoms with van der Waals surface area (Å²) in [4.78, 5) is 11.6. The van der Waals surface area contributed by atoms with Crippen LogP contribution in [0.4, 0.5) is 4.79 Å². The number of rotatable bonds is 2. The molecule has 22 heavy (non-hydrogen) atoms. The zero-order valence-electron chi connectivity index (χ0n) is 14.6. The summed E-state index contributed by atoms with van der Waals surface area (Å²) >= 11 is 0. The Morgan fingerprint density at radius 2 is 1.55 bits per heavy atom. The van der Waals surface area contributed by atoms with E-state index < -0.39 is 6.16 Å². The van der Waals surface area contributed by atoms with Gasteiger partial charge in [-0.15, -0.1) is 0 Å². The number of hydrogen-bond acceptors (Lipinski definition) is 3. The molecule has 0 aromatic carbocycles. The molecule has 3 heteroatoms. The summed E-state index contributed by atoms with van der Waals surface area (Å²) in [5.41, 5.74) is 0. The number of ether oxygens (including phenoxy) is 2. The van der Waals surface area contributed by atoms with Crippen molar-refractivity contribution < 1.29 is 14.3 Å². The van der Waals surface area contributed by atoms with Crippen LogP contribution in [0.5, 0.6) is 0 Å². The monoisotopic (exact) mass is 310 g/mol. The summed E-state index contributed by atoms with van der Waals surface area (Å²) in [6, 6.07) is 0. The van der Waals surface area contributed by atoms with Crippen molar-refractivity contribution in [2.24, 2.45) is 5.92 Å². The fourth-order valence-corrected chi connectivity index (χ4v) is 3.00. The minimum Gasteiger partial charge on any atom is -0.434 e. The first-order valence-electron chi connectivity index (χ1n) is 9.27. The highest BCUT2D eigenvalue weighted by Gasteiger charge is 2.10. The van der Waals surface area contributed by atoms with Crippen LogP contribution in [0.1, 0.15) is 90.9 Å². The lowest BCUT2D eigenvalue weighted by Gasteiger charge is -2.12. The van der Waals surface area contributed by atoms with Gasteiger partial charge in [-0.2, -0.15) is 0 Å². The zero-order chi connectivity index (χ0) is 16.0. The molecule has 1 atom stereocenters. The highest BCUT2D eigenvalue weighted by atomic mass is 16.7. The van der Waals surface area contributed by atoms with Crippen molar-refractivity contribution in [3.05, 3.63) is 11.8 Å². The molecule has 0 aliphatic heterocycles. The quantitative estimate of drug-likeness (QED) is 0.555. The van der Waals surface area contributed by atoms with Gasteiger partial charge in [-0.1, -0.05) is 64.7 Å².